The smallest absolute Gasteiger partial charge is 0.405 e. The van der Waals surface area contributed by atoms with E-state index in [0.29, 0.717) is 24.0 Å². The van der Waals surface area contributed by atoms with Gasteiger partial charge in [-0.1, -0.05) is 18.2 Å². The van der Waals surface area contributed by atoms with E-state index >= 15 is 0 Å². The van der Waals surface area contributed by atoms with Gasteiger partial charge in [0.15, 0.2) is 5.96 Å². The van der Waals surface area contributed by atoms with Crippen molar-refractivity contribution in [3.8, 4) is 5.75 Å². The third-order valence-electron chi connectivity index (χ3n) is 4.51. The van der Waals surface area contributed by atoms with E-state index in [1.165, 1.54) is 12.1 Å². The zero-order valence-corrected chi connectivity index (χ0v) is 15.9. The minimum atomic E-state index is -4.72. The van der Waals surface area contributed by atoms with Crippen molar-refractivity contribution in [3.63, 3.8) is 0 Å². The van der Waals surface area contributed by atoms with E-state index < -0.39 is 6.36 Å². The highest BCUT2D eigenvalue weighted by Gasteiger charge is 2.31. The highest BCUT2D eigenvalue weighted by molar-refractivity contribution is 5.79. The van der Waals surface area contributed by atoms with E-state index in [0.717, 1.165) is 39.0 Å². The van der Waals surface area contributed by atoms with Crippen molar-refractivity contribution < 1.29 is 22.6 Å². The molecule has 0 bridgehead atoms. The highest BCUT2D eigenvalue weighted by atomic mass is 19.4. The molecule has 0 radical (unpaired) electrons. The molecule has 0 amide bonds. The molecular formula is C19H28F3N3O2. The molecule has 0 saturated carbocycles. The average Bonchev–Trinajstić information content (AvgIpc) is 2.64. The third-order valence-corrected chi connectivity index (χ3v) is 4.51. The monoisotopic (exact) mass is 387 g/mol. The van der Waals surface area contributed by atoms with Crippen LogP contribution in [0.2, 0.25) is 0 Å². The van der Waals surface area contributed by atoms with E-state index in [4.69, 9.17) is 4.74 Å². The normalized spacial score (nSPS) is 16.3. The summed E-state index contributed by atoms with van der Waals surface area (Å²) in [5.74, 6) is 1.10. The molecule has 1 aromatic carbocycles. The second-order valence-electron chi connectivity index (χ2n) is 6.59. The van der Waals surface area contributed by atoms with Gasteiger partial charge < -0.3 is 19.7 Å². The van der Waals surface area contributed by atoms with Crippen molar-refractivity contribution in [2.24, 2.45) is 10.9 Å². The Hall–Kier alpha value is -1.96. The van der Waals surface area contributed by atoms with Crippen LogP contribution in [0.4, 0.5) is 13.2 Å². The van der Waals surface area contributed by atoms with Gasteiger partial charge in [0.25, 0.3) is 0 Å². The van der Waals surface area contributed by atoms with Gasteiger partial charge in [0.1, 0.15) is 5.75 Å². The highest BCUT2D eigenvalue weighted by Crippen LogP contribution is 2.26. The van der Waals surface area contributed by atoms with Crippen LogP contribution in [0, 0.1) is 5.92 Å². The lowest BCUT2D eigenvalue weighted by molar-refractivity contribution is -0.274. The van der Waals surface area contributed by atoms with Crippen LogP contribution in [-0.2, 0) is 11.3 Å². The van der Waals surface area contributed by atoms with Crippen molar-refractivity contribution in [1.82, 2.24) is 10.2 Å². The predicted octanol–water partition coefficient (Wildman–Crippen LogP) is 3.80. The first-order chi connectivity index (χ1) is 12.9. The van der Waals surface area contributed by atoms with E-state index in [2.05, 4.69) is 15.0 Å². The van der Waals surface area contributed by atoms with E-state index in [1.807, 2.05) is 18.9 Å². The molecule has 0 atom stereocenters. The number of benzene rings is 1. The number of hydrogen-bond donors (Lipinski definition) is 1. The molecule has 1 fully saturated rings. The Bertz CT molecular complexity index is 602. The molecule has 1 aromatic rings. The summed E-state index contributed by atoms with van der Waals surface area (Å²) in [7, 11) is 1.94. The fourth-order valence-electron chi connectivity index (χ4n) is 3.01. The predicted molar refractivity (Wildman–Crippen MR) is 98.7 cm³/mol. The molecule has 0 aromatic heterocycles. The SMILES string of the molecule is CCNC(=NCc1ccccc1OC(F)(F)F)N(C)CCC1CCOCC1. The van der Waals surface area contributed by atoms with Crippen LogP contribution < -0.4 is 10.1 Å². The second-order valence-corrected chi connectivity index (χ2v) is 6.59. The summed E-state index contributed by atoms with van der Waals surface area (Å²) in [5, 5.41) is 3.20. The summed E-state index contributed by atoms with van der Waals surface area (Å²) in [4.78, 5) is 6.52. The van der Waals surface area contributed by atoms with Crippen LogP contribution in [0.1, 0.15) is 31.7 Å². The molecule has 0 aliphatic carbocycles. The van der Waals surface area contributed by atoms with Crippen LogP contribution in [-0.4, -0.2) is 50.6 Å². The second kappa shape index (κ2) is 10.4. The summed E-state index contributed by atoms with van der Waals surface area (Å²) >= 11 is 0. The molecule has 1 N–H and O–H groups in total. The molecule has 0 spiro atoms. The van der Waals surface area contributed by atoms with Gasteiger partial charge in [-0.2, -0.15) is 0 Å². The number of guanidine groups is 1. The molecule has 0 unspecified atom stereocenters. The molecule has 27 heavy (non-hydrogen) atoms. The van der Waals surface area contributed by atoms with Gasteiger partial charge in [0.2, 0.25) is 0 Å². The Morgan fingerprint density at radius 2 is 2.00 bits per heavy atom. The van der Waals surface area contributed by atoms with Crippen LogP contribution >= 0.6 is 0 Å². The molecule has 152 valence electrons. The lowest BCUT2D eigenvalue weighted by atomic mass is 9.96. The summed E-state index contributed by atoms with van der Waals surface area (Å²) in [5.41, 5.74) is 0.392. The van der Waals surface area contributed by atoms with Crippen molar-refractivity contribution in [3.05, 3.63) is 29.8 Å². The van der Waals surface area contributed by atoms with Gasteiger partial charge in [0.05, 0.1) is 6.54 Å². The molecule has 1 heterocycles. The lowest BCUT2D eigenvalue weighted by Gasteiger charge is -2.27. The molecule has 1 saturated heterocycles. The summed E-state index contributed by atoms with van der Waals surface area (Å²) in [6, 6.07) is 6.09. The lowest BCUT2D eigenvalue weighted by Crippen LogP contribution is -2.40. The van der Waals surface area contributed by atoms with Crippen molar-refractivity contribution in [2.75, 3.05) is 33.4 Å². The zero-order chi connectivity index (χ0) is 19.7. The van der Waals surface area contributed by atoms with Gasteiger partial charge in [-0.25, -0.2) is 4.99 Å². The van der Waals surface area contributed by atoms with Crippen molar-refractivity contribution in [2.45, 2.75) is 39.1 Å². The van der Waals surface area contributed by atoms with E-state index in [1.54, 1.807) is 12.1 Å². The van der Waals surface area contributed by atoms with Gasteiger partial charge in [-0.3, -0.25) is 0 Å². The molecule has 5 nitrogen and oxygen atoms in total. The van der Waals surface area contributed by atoms with Gasteiger partial charge in [-0.05, 0) is 38.2 Å². The first-order valence-corrected chi connectivity index (χ1v) is 9.30. The summed E-state index contributed by atoms with van der Waals surface area (Å²) in [6.07, 6.45) is -1.53. The zero-order valence-electron chi connectivity index (χ0n) is 15.9. The Morgan fingerprint density at radius 3 is 2.67 bits per heavy atom. The molecular weight excluding hydrogens is 359 g/mol. The number of aliphatic imine (C=N–C) groups is 1. The van der Waals surface area contributed by atoms with Crippen LogP contribution in [0.3, 0.4) is 0 Å². The molecule has 2 rings (SSSR count). The number of para-hydroxylation sites is 1. The van der Waals surface area contributed by atoms with Crippen LogP contribution in [0.5, 0.6) is 5.75 Å². The number of nitrogens with one attached hydrogen (secondary N) is 1. The van der Waals surface area contributed by atoms with Crippen LogP contribution in [0.25, 0.3) is 0 Å². The molecule has 1 aliphatic rings. The first-order valence-electron chi connectivity index (χ1n) is 9.30. The summed E-state index contributed by atoms with van der Waals surface area (Å²) < 4.78 is 47.2. The number of nitrogens with zero attached hydrogens (tertiary/aromatic N) is 2. The standard InChI is InChI=1S/C19H28F3N3O2/c1-3-23-18(25(2)11-8-15-9-12-26-13-10-15)24-14-16-6-4-5-7-17(16)27-19(20,21)22/h4-7,15H,3,8-14H2,1-2H3,(H,23,24). The minimum Gasteiger partial charge on any atom is -0.405 e. The Labute approximate surface area is 158 Å². The summed E-state index contributed by atoms with van der Waals surface area (Å²) in [6.45, 7) is 5.22. The van der Waals surface area contributed by atoms with Gasteiger partial charge in [-0.15, -0.1) is 13.2 Å². The quantitative estimate of drug-likeness (QED) is 0.571. The maximum absolute atomic E-state index is 12.6. The minimum absolute atomic E-state index is 0.107. The van der Waals surface area contributed by atoms with Crippen molar-refractivity contribution in [1.29, 1.82) is 0 Å². The first kappa shape index (κ1) is 21.3. The van der Waals surface area contributed by atoms with E-state index in [9.17, 15) is 13.2 Å². The van der Waals surface area contributed by atoms with E-state index in [-0.39, 0.29) is 12.3 Å². The van der Waals surface area contributed by atoms with Gasteiger partial charge in [0, 0.05) is 38.9 Å². The fourth-order valence-corrected chi connectivity index (χ4v) is 3.01. The maximum Gasteiger partial charge on any atom is 0.573 e. The number of ether oxygens (including phenoxy) is 2. The average molecular weight is 387 g/mol. The Balaban J connectivity index is 1.99. The largest absolute Gasteiger partial charge is 0.573 e. The Morgan fingerprint density at radius 1 is 1.30 bits per heavy atom. The third kappa shape index (κ3) is 7.66. The number of halogens is 3. The van der Waals surface area contributed by atoms with Crippen molar-refractivity contribution >= 4 is 5.96 Å². The number of hydrogen-bond acceptors (Lipinski definition) is 3. The molecule has 8 heteroatoms. The topological polar surface area (TPSA) is 46.1 Å². The fraction of sp³-hybridized carbons (Fsp3) is 0.632. The van der Waals surface area contributed by atoms with Crippen LogP contribution in [0.15, 0.2) is 29.3 Å². The Kier molecular flexibility index (Phi) is 8.22. The molecule has 1 aliphatic heterocycles. The number of alkyl halides is 3. The van der Waals surface area contributed by atoms with Gasteiger partial charge >= 0.3 is 6.36 Å². The maximum atomic E-state index is 12.6. The number of rotatable bonds is 7.